The van der Waals surface area contributed by atoms with Crippen LogP contribution in [0.25, 0.3) is 10.8 Å². The number of ether oxygens (including phenoxy) is 1. The number of rotatable bonds is 9. The molecule has 1 amide bonds. The second-order valence-corrected chi connectivity index (χ2v) is 11.6. The summed E-state index contributed by atoms with van der Waals surface area (Å²) in [6, 6.07) is 5.49. The number of hydrogen-bond acceptors (Lipinski definition) is 9. The number of carbonyl (C=O) groups excluding carboxylic acids is 2. The van der Waals surface area contributed by atoms with E-state index < -0.39 is 39.8 Å². The number of sulfonamides is 1. The first-order valence-electron chi connectivity index (χ1n) is 13.2. The van der Waals surface area contributed by atoms with Crippen LogP contribution in [0.5, 0.6) is 0 Å². The molecule has 4 heterocycles. The van der Waals surface area contributed by atoms with Crippen molar-refractivity contribution in [3.05, 3.63) is 54.1 Å². The minimum Gasteiger partial charge on any atom is -0.464 e. The Bertz CT molecular complexity index is 1530. The maximum atomic E-state index is 15.4. The Morgan fingerprint density at radius 1 is 1.15 bits per heavy atom. The van der Waals surface area contributed by atoms with Gasteiger partial charge in [0, 0.05) is 49.2 Å². The summed E-state index contributed by atoms with van der Waals surface area (Å²) < 4.78 is 49.2. The molecule has 1 aromatic carbocycles. The highest BCUT2D eigenvalue weighted by Gasteiger charge is 2.41. The third-order valence-electron chi connectivity index (χ3n) is 7.34. The van der Waals surface area contributed by atoms with E-state index in [-0.39, 0.29) is 47.7 Å². The number of benzene rings is 1. The molecule has 40 heavy (non-hydrogen) atoms. The second kappa shape index (κ2) is 11.3. The number of nitrogens with two attached hydrogens (primary N) is 1. The molecular weight excluding hydrogens is 539 g/mol. The Hall–Kier alpha value is -3.84. The van der Waals surface area contributed by atoms with Crippen LogP contribution < -0.4 is 15.4 Å². The fourth-order valence-electron chi connectivity index (χ4n) is 5.25. The predicted octanol–water partition coefficient (Wildman–Crippen LogP) is 2.00. The summed E-state index contributed by atoms with van der Waals surface area (Å²) in [5.41, 5.74) is 6.05. The quantitative estimate of drug-likeness (QED) is 0.369. The fourth-order valence-corrected chi connectivity index (χ4v) is 6.42. The lowest BCUT2D eigenvalue weighted by molar-refractivity contribution is -0.153. The van der Waals surface area contributed by atoms with Crippen LogP contribution in [0.15, 0.2) is 47.6 Å². The van der Waals surface area contributed by atoms with Gasteiger partial charge in [-0.2, -0.15) is 4.72 Å². The van der Waals surface area contributed by atoms with Crippen LogP contribution >= 0.6 is 0 Å². The van der Waals surface area contributed by atoms with Crippen LogP contribution in [0.4, 0.5) is 16.0 Å². The minimum atomic E-state index is -4.06. The van der Waals surface area contributed by atoms with Gasteiger partial charge >= 0.3 is 5.97 Å². The summed E-state index contributed by atoms with van der Waals surface area (Å²) in [4.78, 5) is 37.9. The SMILES string of the molecule is CCOC(=O)[C@@H](Cc1ccc2c(N)nccc2c1F)N1CC[C@H](NS(=O)(=O)c2ccc(N3CCCC3)nc2)C1=O. The first kappa shape index (κ1) is 27.7. The number of fused-ring (bicyclic) bond motifs is 1. The highest BCUT2D eigenvalue weighted by Crippen LogP contribution is 2.27. The molecule has 2 aromatic heterocycles. The Morgan fingerprint density at radius 2 is 1.93 bits per heavy atom. The number of nitrogens with one attached hydrogen (secondary N) is 1. The number of anilines is 2. The number of amides is 1. The van der Waals surface area contributed by atoms with E-state index in [4.69, 9.17) is 10.5 Å². The molecule has 0 spiro atoms. The van der Waals surface area contributed by atoms with E-state index in [0.29, 0.717) is 11.2 Å². The maximum absolute atomic E-state index is 15.4. The highest BCUT2D eigenvalue weighted by molar-refractivity contribution is 7.89. The minimum absolute atomic E-state index is 0.0596. The first-order chi connectivity index (χ1) is 19.2. The van der Waals surface area contributed by atoms with Gasteiger partial charge in [-0.3, -0.25) is 4.79 Å². The van der Waals surface area contributed by atoms with E-state index in [9.17, 15) is 18.0 Å². The molecule has 0 radical (unpaired) electrons. The fraction of sp³-hybridized carbons (Fsp3) is 0.407. The molecule has 0 bridgehead atoms. The van der Waals surface area contributed by atoms with Crippen molar-refractivity contribution < 1.29 is 27.1 Å². The lowest BCUT2D eigenvalue weighted by Gasteiger charge is -2.27. The van der Waals surface area contributed by atoms with E-state index in [2.05, 4.69) is 19.6 Å². The highest BCUT2D eigenvalue weighted by atomic mass is 32.2. The Kier molecular flexibility index (Phi) is 7.86. The average Bonchev–Trinajstić information content (AvgIpc) is 3.60. The number of pyridine rings is 2. The number of halogens is 1. The Balaban J connectivity index is 1.34. The topological polar surface area (TPSA) is 148 Å². The van der Waals surface area contributed by atoms with Crippen molar-refractivity contribution in [3.8, 4) is 0 Å². The molecule has 3 aromatic rings. The number of aromatic nitrogens is 2. The third-order valence-corrected chi connectivity index (χ3v) is 8.79. The van der Waals surface area contributed by atoms with E-state index in [1.165, 1.54) is 35.5 Å². The standard InChI is InChI=1S/C27H31FN6O5S/c1-2-39-27(36)22(15-17-5-7-20-19(24(17)28)9-11-30-25(20)29)34-14-10-21(26(34)35)32-40(37,38)18-6-8-23(31-16-18)33-12-3-4-13-33/h5-9,11,16,21-22,32H,2-4,10,12-15H2,1H3,(H2,29,30)/t21-,22+/m0/s1. The average molecular weight is 571 g/mol. The van der Waals surface area contributed by atoms with Gasteiger partial charge < -0.3 is 20.3 Å². The third kappa shape index (κ3) is 5.43. The zero-order valence-electron chi connectivity index (χ0n) is 22.0. The van der Waals surface area contributed by atoms with Crippen molar-refractivity contribution in [1.29, 1.82) is 0 Å². The van der Waals surface area contributed by atoms with Gasteiger partial charge in [-0.25, -0.2) is 27.6 Å². The van der Waals surface area contributed by atoms with Crippen molar-refractivity contribution in [2.24, 2.45) is 0 Å². The number of nitrogens with zero attached hydrogens (tertiary/aromatic N) is 4. The first-order valence-corrected chi connectivity index (χ1v) is 14.7. The van der Waals surface area contributed by atoms with Crippen molar-refractivity contribution >= 4 is 44.3 Å². The largest absolute Gasteiger partial charge is 0.464 e. The molecule has 11 nitrogen and oxygen atoms in total. The number of hydrogen-bond donors (Lipinski definition) is 2. The molecule has 5 rings (SSSR count). The van der Waals surface area contributed by atoms with Crippen molar-refractivity contribution in [2.75, 3.05) is 36.9 Å². The molecule has 212 valence electrons. The lowest BCUT2D eigenvalue weighted by atomic mass is 10.0. The molecule has 13 heteroatoms. The van der Waals surface area contributed by atoms with E-state index in [1.54, 1.807) is 19.1 Å². The van der Waals surface area contributed by atoms with Crippen LogP contribution in [0.2, 0.25) is 0 Å². The van der Waals surface area contributed by atoms with E-state index in [1.807, 2.05) is 0 Å². The van der Waals surface area contributed by atoms with Crippen molar-refractivity contribution in [1.82, 2.24) is 19.6 Å². The lowest BCUT2D eigenvalue weighted by Crippen LogP contribution is -2.48. The van der Waals surface area contributed by atoms with Gasteiger partial charge in [0.05, 0.1) is 6.61 Å². The van der Waals surface area contributed by atoms with Gasteiger partial charge in [0.25, 0.3) is 0 Å². The molecule has 2 fully saturated rings. The number of likely N-dealkylation sites (tertiary alicyclic amines) is 1. The number of carbonyl (C=O) groups is 2. The summed E-state index contributed by atoms with van der Waals surface area (Å²) in [6.45, 7) is 3.54. The second-order valence-electron chi connectivity index (χ2n) is 9.84. The molecular formula is C27H31FN6O5S. The van der Waals surface area contributed by atoms with Crippen molar-refractivity contribution in [3.63, 3.8) is 0 Å². The van der Waals surface area contributed by atoms with Gasteiger partial charge in [0.2, 0.25) is 15.9 Å². The normalized spacial score (nSPS) is 18.4. The number of nitrogen functional groups attached to an aromatic ring is 1. The predicted molar refractivity (Wildman–Crippen MR) is 146 cm³/mol. The van der Waals surface area contributed by atoms with Crippen LogP contribution in [0.1, 0.15) is 31.7 Å². The molecule has 2 saturated heterocycles. The molecule has 2 atom stereocenters. The maximum Gasteiger partial charge on any atom is 0.329 e. The summed E-state index contributed by atoms with van der Waals surface area (Å²) in [5, 5.41) is 0.682. The summed E-state index contributed by atoms with van der Waals surface area (Å²) >= 11 is 0. The van der Waals surface area contributed by atoms with Gasteiger partial charge in [0.15, 0.2) is 0 Å². The van der Waals surface area contributed by atoms with Gasteiger partial charge in [-0.15, -0.1) is 0 Å². The smallest absolute Gasteiger partial charge is 0.329 e. The van der Waals surface area contributed by atoms with Crippen LogP contribution in [-0.2, 0) is 30.8 Å². The zero-order chi connectivity index (χ0) is 28.4. The van der Waals surface area contributed by atoms with Gasteiger partial charge in [-0.05, 0) is 49.9 Å². The Morgan fingerprint density at radius 3 is 2.62 bits per heavy atom. The summed E-state index contributed by atoms with van der Waals surface area (Å²) in [7, 11) is -4.06. The molecule has 2 aliphatic rings. The van der Waals surface area contributed by atoms with E-state index in [0.717, 1.165) is 25.9 Å². The van der Waals surface area contributed by atoms with Crippen LogP contribution in [0.3, 0.4) is 0 Å². The Labute approximate surface area is 231 Å². The zero-order valence-corrected chi connectivity index (χ0v) is 22.9. The van der Waals surface area contributed by atoms with Gasteiger partial charge in [0.1, 0.15) is 34.4 Å². The van der Waals surface area contributed by atoms with Gasteiger partial charge in [-0.1, -0.05) is 12.1 Å². The monoisotopic (exact) mass is 570 g/mol. The van der Waals surface area contributed by atoms with Crippen LogP contribution in [0, 0.1) is 5.82 Å². The van der Waals surface area contributed by atoms with E-state index >= 15 is 4.39 Å². The number of esters is 1. The van der Waals surface area contributed by atoms with Crippen molar-refractivity contribution in [2.45, 2.75) is 49.6 Å². The molecule has 3 N–H and O–H groups in total. The van der Waals surface area contributed by atoms with Crippen LogP contribution in [-0.4, -0.2) is 73.5 Å². The molecule has 2 aliphatic heterocycles. The molecule has 0 aliphatic carbocycles. The summed E-state index contributed by atoms with van der Waals surface area (Å²) in [6.07, 6.45) is 4.78. The summed E-state index contributed by atoms with van der Waals surface area (Å²) in [5.74, 6) is -0.977. The molecule has 0 saturated carbocycles. The molecule has 0 unspecified atom stereocenters.